The molecule has 4 rings (SSSR count). The maximum atomic E-state index is 12.6. The van der Waals surface area contributed by atoms with Crippen LogP contribution in [0.2, 0.25) is 0 Å². The van der Waals surface area contributed by atoms with Gasteiger partial charge in [0.2, 0.25) is 0 Å². The molecule has 4 aromatic rings. The lowest BCUT2D eigenvalue weighted by atomic mass is 9.98. The third-order valence-electron chi connectivity index (χ3n) is 5.02. The summed E-state index contributed by atoms with van der Waals surface area (Å²) in [5.41, 5.74) is 6.88. The zero-order valence-electron chi connectivity index (χ0n) is 17.2. The molecule has 148 valence electrons. The molecule has 0 fully saturated rings. The molecule has 3 heteroatoms. The number of nitrogens with zero attached hydrogens (tertiary/aromatic N) is 2. The van der Waals surface area contributed by atoms with E-state index in [0.29, 0.717) is 11.5 Å². The van der Waals surface area contributed by atoms with Gasteiger partial charge in [-0.2, -0.15) is 0 Å². The molecule has 3 nitrogen and oxygen atoms in total. The van der Waals surface area contributed by atoms with Gasteiger partial charge in [-0.3, -0.25) is 14.8 Å². The van der Waals surface area contributed by atoms with Gasteiger partial charge in [0.25, 0.3) is 0 Å². The number of carbonyl (C=O) groups is 1. The van der Waals surface area contributed by atoms with Crippen molar-refractivity contribution in [2.45, 2.75) is 20.3 Å². The van der Waals surface area contributed by atoms with Crippen LogP contribution in [0.15, 0.2) is 85.2 Å². The van der Waals surface area contributed by atoms with Crippen molar-refractivity contribution in [3.8, 4) is 11.1 Å². The van der Waals surface area contributed by atoms with E-state index in [9.17, 15) is 4.79 Å². The van der Waals surface area contributed by atoms with Gasteiger partial charge in [0.1, 0.15) is 0 Å². The lowest BCUT2D eigenvalue weighted by molar-refractivity contribution is 0.104. The van der Waals surface area contributed by atoms with Crippen molar-refractivity contribution in [3.63, 3.8) is 0 Å². The van der Waals surface area contributed by atoms with Crippen LogP contribution >= 0.6 is 0 Å². The van der Waals surface area contributed by atoms with E-state index in [1.807, 2.05) is 48.5 Å². The van der Waals surface area contributed by atoms with E-state index in [2.05, 4.69) is 48.1 Å². The molecular formula is C27H24N2O. The van der Waals surface area contributed by atoms with Gasteiger partial charge in [-0.1, -0.05) is 74.5 Å². The van der Waals surface area contributed by atoms with Gasteiger partial charge >= 0.3 is 0 Å². The molecule has 0 aliphatic rings. The number of carbonyl (C=O) groups excluding carboxylic acids is 1. The second-order valence-corrected chi connectivity index (χ2v) is 7.87. The Labute approximate surface area is 177 Å². The largest absolute Gasteiger partial charge is 0.289 e. The molecule has 0 unspecified atom stereocenters. The first-order valence-corrected chi connectivity index (χ1v) is 10.2. The van der Waals surface area contributed by atoms with E-state index < -0.39 is 0 Å². The lowest BCUT2D eigenvalue weighted by Gasteiger charge is -2.07. The van der Waals surface area contributed by atoms with E-state index >= 15 is 0 Å². The van der Waals surface area contributed by atoms with Gasteiger partial charge in [-0.05, 0) is 52.8 Å². The molecule has 0 radical (unpaired) electrons. The van der Waals surface area contributed by atoms with Crippen molar-refractivity contribution in [1.29, 1.82) is 0 Å². The molecular weight excluding hydrogens is 368 g/mol. The monoisotopic (exact) mass is 392 g/mol. The van der Waals surface area contributed by atoms with E-state index in [1.54, 1.807) is 18.5 Å². The number of fused-ring (bicyclic) bond motifs is 1. The Balaban J connectivity index is 1.46. The van der Waals surface area contributed by atoms with Crippen molar-refractivity contribution >= 4 is 22.9 Å². The summed E-state index contributed by atoms with van der Waals surface area (Å²) in [6.07, 6.45) is 7.85. The molecule has 0 amide bonds. The van der Waals surface area contributed by atoms with Crippen molar-refractivity contribution in [2.24, 2.45) is 5.92 Å². The van der Waals surface area contributed by atoms with Crippen LogP contribution in [0.3, 0.4) is 0 Å². The zero-order chi connectivity index (χ0) is 20.9. The number of rotatable bonds is 6. The highest BCUT2D eigenvalue weighted by Crippen LogP contribution is 2.22. The molecule has 1 heterocycles. The van der Waals surface area contributed by atoms with Crippen molar-refractivity contribution in [2.75, 3.05) is 0 Å². The SMILES string of the molecule is CC(C)Cc1ccc(-c2ccc(C(=O)C=Cc3ccc4nccnc4c3)cc2)cc1. The van der Waals surface area contributed by atoms with Gasteiger partial charge in [-0.15, -0.1) is 0 Å². The second-order valence-electron chi connectivity index (χ2n) is 7.87. The van der Waals surface area contributed by atoms with Crippen molar-refractivity contribution < 1.29 is 4.79 Å². The Morgan fingerprint density at radius 3 is 2.13 bits per heavy atom. The predicted molar refractivity (Wildman–Crippen MR) is 123 cm³/mol. The highest BCUT2D eigenvalue weighted by molar-refractivity contribution is 6.07. The number of hydrogen-bond acceptors (Lipinski definition) is 3. The van der Waals surface area contributed by atoms with Crippen molar-refractivity contribution in [1.82, 2.24) is 9.97 Å². The first-order chi connectivity index (χ1) is 14.6. The fourth-order valence-corrected chi connectivity index (χ4v) is 3.48. The second kappa shape index (κ2) is 8.83. The maximum Gasteiger partial charge on any atom is 0.185 e. The maximum absolute atomic E-state index is 12.6. The predicted octanol–water partition coefficient (Wildman–Crippen LogP) is 6.39. The van der Waals surface area contributed by atoms with Crippen LogP contribution in [-0.4, -0.2) is 15.8 Å². The molecule has 0 atom stereocenters. The minimum absolute atomic E-state index is 0.0203. The molecule has 0 saturated carbocycles. The summed E-state index contributed by atoms with van der Waals surface area (Å²) in [6, 6.07) is 22.2. The van der Waals surface area contributed by atoms with Crippen LogP contribution in [-0.2, 0) is 6.42 Å². The molecule has 0 spiro atoms. The quantitative estimate of drug-likeness (QED) is 0.282. The Hall–Kier alpha value is -3.59. The number of allylic oxidation sites excluding steroid dienone is 1. The number of aromatic nitrogens is 2. The Morgan fingerprint density at radius 2 is 1.47 bits per heavy atom. The normalized spacial score (nSPS) is 11.4. The van der Waals surface area contributed by atoms with E-state index in [-0.39, 0.29) is 5.78 Å². The number of benzene rings is 3. The molecule has 0 aliphatic carbocycles. The fourth-order valence-electron chi connectivity index (χ4n) is 3.48. The smallest absolute Gasteiger partial charge is 0.185 e. The molecule has 1 aromatic heterocycles. The van der Waals surface area contributed by atoms with Crippen LogP contribution in [0.1, 0.15) is 35.3 Å². The summed E-state index contributed by atoms with van der Waals surface area (Å²) in [5.74, 6) is 0.629. The number of ketones is 1. The van der Waals surface area contributed by atoms with Gasteiger partial charge in [-0.25, -0.2) is 0 Å². The van der Waals surface area contributed by atoms with Gasteiger partial charge in [0.15, 0.2) is 5.78 Å². The molecule has 0 aliphatic heterocycles. The van der Waals surface area contributed by atoms with E-state index in [4.69, 9.17) is 0 Å². The van der Waals surface area contributed by atoms with Crippen LogP contribution in [0, 0.1) is 5.92 Å². The number of hydrogen-bond donors (Lipinski definition) is 0. The van der Waals surface area contributed by atoms with Crippen LogP contribution < -0.4 is 0 Å². The van der Waals surface area contributed by atoms with E-state index in [0.717, 1.165) is 34.1 Å². The highest BCUT2D eigenvalue weighted by atomic mass is 16.1. The van der Waals surface area contributed by atoms with Crippen LogP contribution in [0.4, 0.5) is 0 Å². The highest BCUT2D eigenvalue weighted by Gasteiger charge is 2.05. The zero-order valence-corrected chi connectivity index (χ0v) is 17.2. The van der Waals surface area contributed by atoms with E-state index in [1.165, 1.54) is 5.56 Å². The minimum Gasteiger partial charge on any atom is -0.289 e. The first kappa shape index (κ1) is 19.7. The summed E-state index contributed by atoms with van der Waals surface area (Å²) in [7, 11) is 0. The summed E-state index contributed by atoms with van der Waals surface area (Å²) in [5, 5.41) is 0. The topological polar surface area (TPSA) is 42.9 Å². The third kappa shape index (κ3) is 4.69. The van der Waals surface area contributed by atoms with Crippen LogP contribution in [0.25, 0.3) is 28.2 Å². The van der Waals surface area contributed by atoms with Gasteiger partial charge < -0.3 is 0 Å². The van der Waals surface area contributed by atoms with Crippen LogP contribution in [0.5, 0.6) is 0 Å². The first-order valence-electron chi connectivity index (χ1n) is 10.2. The fraction of sp³-hybridized carbons (Fsp3) is 0.148. The molecule has 0 N–H and O–H groups in total. The Morgan fingerprint density at radius 1 is 0.833 bits per heavy atom. The summed E-state index contributed by atoms with van der Waals surface area (Å²) in [6.45, 7) is 4.46. The van der Waals surface area contributed by atoms with Crippen molar-refractivity contribution in [3.05, 3.63) is 102 Å². The third-order valence-corrected chi connectivity index (χ3v) is 5.02. The summed E-state index contributed by atoms with van der Waals surface area (Å²) < 4.78 is 0. The molecule has 30 heavy (non-hydrogen) atoms. The Bertz CT molecular complexity index is 1190. The lowest BCUT2D eigenvalue weighted by Crippen LogP contribution is -1.95. The van der Waals surface area contributed by atoms with Gasteiger partial charge in [0, 0.05) is 18.0 Å². The molecule has 3 aromatic carbocycles. The minimum atomic E-state index is -0.0203. The molecule has 0 bridgehead atoms. The van der Waals surface area contributed by atoms with Gasteiger partial charge in [0.05, 0.1) is 11.0 Å². The molecule has 0 saturated heterocycles. The Kier molecular flexibility index (Phi) is 5.80. The summed E-state index contributed by atoms with van der Waals surface area (Å²) in [4.78, 5) is 21.1. The average Bonchev–Trinajstić information content (AvgIpc) is 2.77. The standard InChI is InChI=1S/C27H24N2O/c1-19(2)17-20-3-7-22(8-4-20)23-9-11-24(12-10-23)27(30)14-6-21-5-13-25-26(18-21)29-16-15-28-25/h3-16,18-19H,17H2,1-2H3. The average molecular weight is 393 g/mol. The summed E-state index contributed by atoms with van der Waals surface area (Å²) >= 11 is 0.